The van der Waals surface area contributed by atoms with E-state index in [9.17, 15) is 0 Å². The summed E-state index contributed by atoms with van der Waals surface area (Å²) in [6.45, 7) is 4.84. The second-order valence-electron chi connectivity index (χ2n) is 5.78. The maximum atomic E-state index is 5.87. The number of anilines is 1. The van der Waals surface area contributed by atoms with Crippen LogP contribution in [0.15, 0.2) is 58.9 Å². The van der Waals surface area contributed by atoms with Crippen LogP contribution in [0.2, 0.25) is 0 Å². The van der Waals surface area contributed by atoms with Crippen molar-refractivity contribution in [3.8, 4) is 5.75 Å². The van der Waals surface area contributed by atoms with E-state index < -0.39 is 0 Å². The molecule has 0 unspecified atom stereocenters. The summed E-state index contributed by atoms with van der Waals surface area (Å²) in [7, 11) is 0. The molecule has 0 aliphatic rings. The molecule has 0 aliphatic heterocycles. The van der Waals surface area contributed by atoms with Crippen LogP contribution >= 0.6 is 23.1 Å². The fraction of sp³-hybridized carbons (Fsp3) is 0.263. The molecule has 6 heteroatoms. The van der Waals surface area contributed by atoms with Crippen LogP contribution in [-0.2, 0) is 12.3 Å². The summed E-state index contributed by atoms with van der Waals surface area (Å²) in [5, 5.41) is 12.7. The van der Waals surface area contributed by atoms with Crippen molar-refractivity contribution in [1.82, 2.24) is 10.2 Å². The average molecular weight is 372 g/mol. The standard InChI is InChI=1S/C19H21N3OS2/c1-14(2)23-17-11-7-6-10-16(17)13-24-19-22-21-18(25-19)20-12-15-8-4-3-5-9-15/h3-11,14H,12-13H2,1-2H3,(H,20,21). The van der Waals surface area contributed by atoms with Gasteiger partial charge in [0.1, 0.15) is 5.75 Å². The Balaban J connectivity index is 1.55. The van der Waals surface area contributed by atoms with E-state index in [4.69, 9.17) is 4.74 Å². The molecule has 0 fully saturated rings. The molecule has 0 aliphatic carbocycles. The van der Waals surface area contributed by atoms with Gasteiger partial charge in [-0.25, -0.2) is 0 Å². The largest absolute Gasteiger partial charge is 0.491 e. The third kappa shape index (κ3) is 5.47. The number of para-hydroxylation sites is 1. The molecule has 0 amide bonds. The summed E-state index contributed by atoms with van der Waals surface area (Å²) < 4.78 is 6.82. The first-order valence-electron chi connectivity index (χ1n) is 8.19. The maximum Gasteiger partial charge on any atom is 0.206 e. The van der Waals surface area contributed by atoms with Gasteiger partial charge >= 0.3 is 0 Å². The second-order valence-corrected chi connectivity index (χ2v) is 7.98. The van der Waals surface area contributed by atoms with Crippen molar-refractivity contribution in [2.24, 2.45) is 0 Å². The Kier molecular flexibility index (Phi) is 6.30. The van der Waals surface area contributed by atoms with E-state index in [-0.39, 0.29) is 6.10 Å². The monoisotopic (exact) mass is 371 g/mol. The molecule has 0 spiro atoms. The van der Waals surface area contributed by atoms with Crippen LogP contribution in [0, 0.1) is 0 Å². The number of aromatic nitrogens is 2. The smallest absolute Gasteiger partial charge is 0.206 e. The van der Waals surface area contributed by atoms with E-state index in [1.165, 1.54) is 11.1 Å². The minimum absolute atomic E-state index is 0.168. The quantitative estimate of drug-likeness (QED) is 0.549. The molecule has 1 heterocycles. The van der Waals surface area contributed by atoms with E-state index in [0.29, 0.717) is 0 Å². The van der Waals surface area contributed by atoms with Crippen LogP contribution in [0.1, 0.15) is 25.0 Å². The predicted molar refractivity (Wildman–Crippen MR) is 105 cm³/mol. The van der Waals surface area contributed by atoms with E-state index in [1.54, 1.807) is 23.1 Å². The SMILES string of the molecule is CC(C)Oc1ccccc1CSc1nnc(NCc2ccccc2)s1. The maximum absolute atomic E-state index is 5.87. The van der Waals surface area contributed by atoms with Crippen molar-refractivity contribution in [1.29, 1.82) is 0 Å². The Bertz CT molecular complexity index is 790. The summed E-state index contributed by atoms with van der Waals surface area (Å²) in [5.74, 6) is 1.76. The molecule has 3 aromatic rings. The lowest BCUT2D eigenvalue weighted by molar-refractivity contribution is 0.240. The minimum atomic E-state index is 0.168. The Hall–Kier alpha value is -2.05. The Labute approximate surface area is 156 Å². The van der Waals surface area contributed by atoms with Crippen LogP contribution in [0.4, 0.5) is 5.13 Å². The Morgan fingerprint density at radius 2 is 1.80 bits per heavy atom. The number of hydrogen-bond donors (Lipinski definition) is 1. The van der Waals surface area contributed by atoms with E-state index in [0.717, 1.165) is 27.5 Å². The normalized spacial score (nSPS) is 10.8. The first kappa shape index (κ1) is 17.8. The first-order chi connectivity index (χ1) is 12.2. The lowest BCUT2D eigenvalue weighted by Gasteiger charge is -2.13. The lowest BCUT2D eigenvalue weighted by atomic mass is 10.2. The van der Waals surface area contributed by atoms with Crippen molar-refractivity contribution in [3.63, 3.8) is 0 Å². The second kappa shape index (κ2) is 8.87. The third-order valence-electron chi connectivity index (χ3n) is 3.38. The first-order valence-corrected chi connectivity index (χ1v) is 9.99. The van der Waals surface area contributed by atoms with Gasteiger partial charge < -0.3 is 10.1 Å². The summed E-state index contributed by atoms with van der Waals surface area (Å²) in [6, 6.07) is 18.4. The third-order valence-corrected chi connectivity index (χ3v) is 5.44. The van der Waals surface area contributed by atoms with Crippen LogP contribution in [0.5, 0.6) is 5.75 Å². The average Bonchev–Trinajstić information content (AvgIpc) is 3.08. The van der Waals surface area contributed by atoms with Gasteiger partial charge in [-0.3, -0.25) is 0 Å². The zero-order chi connectivity index (χ0) is 17.5. The number of rotatable bonds is 8. The van der Waals surface area contributed by atoms with Gasteiger partial charge in [-0.2, -0.15) is 0 Å². The Morgan fingerprint density at radius 3 is 2.60 bits per heavy atom. The molecule has 1 N–H and O–H groups in total. The van der Waals surface area contributed by atoms with Crippen LogP contribution in [0.25, 0.3) is 0 Å². The molecule has 0 bridgehead atoms. The van der Waals surface area contributed by atoms with Gasteiger partial charge in [-0.15, -0.1) is 10.2 Å². The lowest BCUT2D eigenvalue weighted by Crippen LogP contribution is -2.07. The zero-order valence-electron chi connectivity index (χ0n) is 14.3. The van der Waals surface area contributed by atoms with Gasteiger partial charge in [0.15, 0.2) is 4.34 Å². The highest BCUT2D eigenvalue weighted by Crippen LogP contribution is 2.31. The molecule has 25 heavy (non-hydrogen) atoms. The molecular weight excluding hydrogens is 350 g/mol. The van der Waals surface area contributed by atoms with Crippen molar-refractivity contribution in [2.75, 3.05) is 5.32 Å². The minimum Gasteiger partial charge on any atom is -0.491 e. The van der Waals surface area contributed by atoms with Gasteiger partial charge in [-0.05, 0) is 25.5 Å². The van der Waals surface area contributed by atoms with Crippen molar-refractivity contribution in [2.45, 2.75) is 36.6 Å². The highest BCUT2D eigenvalue weighted by Gasteiger charge is 2.09. The fourth-order valence-electron chi connectivity index (χ4n) is 2.24. The van der Waals surface area contributed by atoms with Gasteiger partial charge in [-0.1, -0.05) is 71.6 Å². The van der Waals surface area contributed by atoms with E-state index in [2.05, 4.69) is 33.7 Å². The summed E-state index contributed by atoms with van der Waals surface area (Å²) in [4.78, 5) is 0. The summed E-state index contributed by atoms with van der Waals surface area (Å²) in [5.41, 5.74) is 2.40. The number of nitrogens with one attached hydrogen (secondary N) is 1. The van der Waals surface area contributed by atoms with Crippen LogP contribution < -0.4 is 10.1 Å². The molecule has 0 saturated heterocycles. The highest BCUT2D eigenvalue weighted by molar-refractivity contribution is 8.00. The van der Waals surface area contributed by atoms with Crippen molar-refractivity contribution in [3.05, 3.63) is 65.7 Å². The number of nitrogens with zero attached hydrogens (tertiary/aromatic N) is 2. The zero-order valence-corrected chi connectivity index (χ0v) is 15.9. The van der Waals surface area contributed by atoms with Gasteiger partial charge in [0.2, 0.25) is 5.13 Å². The number of thioether (sulfide) groups is 1. The Morgan fingerprint density at radius 1 is 1.04 bits per heavy atom. The van der Waals surface area contributed by atoms with Gasteiger partial charge in [0.05, 0.1) is 6.10 Å². The van der Waals surface area contributed by atoms with Crippen molar-refractivity contribution >= 4 is 28.2 Å². The van der Waals surface area contributed by atoms with Crippen molar-refractivity contribution < 1.29 is 4.74 Å². The molecular formula is C19H21N3OS2. The van der Waals surface area contributed by atoms with Gasteiger partial charge in [0.25, 0.3) is 0 Å². The van der Waals surface area contributed by atoms with E-state index in [1.807, 2.05) is 50.2 Å². The molecule has 0 atom stereocenters. The number of benzene rings is 2. The molecule has 0 radical (unpaired) electrons. The van der Waals surface area contributed by atoms with Crippen LogP contribution in [0.3, 0.4) is 0 Å². The number of ether oxygens (including phenoxy) is 1. The number of hydrogen-bond acceptors (Lipinski definition) is 6. The van der Waals surface area contributed by atoms with Gasteiger partial charge in [0, 0.05) is 17.9 Å². The molecule has 4 nitrogen and oxygen atoms in total. The molecule has 1 aromatic heterocycles. The van der Waals surface area contributed by atoms with Crippen LogP contribution in [-0.4, -0.2) is 16.3 Å². The molecule has 2 aromatic carbocycles. The predicted octanol–water partition coefficient (Wildman–Crippen LogP) is 5.23. The molecule has 3 rings (SSSR count). The summed E-state index contributed by atoms with van der Waals surface area (Å²) in [6.07, 6.45) is 0.168. The summed E-state index contributed by atoms with van der Waals surface area (Å²) >= 11 is 3.26. The highest BCUT2D eigenvalue weighted by atomic mass is 32.2. The topological polar surface area (TPSA) is 47.0 Å². The van der Waals surface area contributed by atoms with E-state index >= 15 is 0 Å². The fourth-order valence-corrected chi connectivity index (χ4v) is 3.98. The molecule has 130 valence electrons. The molecule has 0 saturated carbocycles.